The van der Waals surface area contributed by atoms with Gasteiger partial charge in [0.2, 0.25) is 0 Å². The highest BCUT2D eigenvalue weighted by Gasteiger charge is 2.16. The predicted molar refractivity (Wildman–Crippen MR) is 205 cm³/mol. The second-order valence-electron chi connectivity index (χ2n) is 14.8. The van der Waals surface area contributed by atoms with E-state index < -0.39 is 0 Å². The highest BCUT2D eigenvalue weighted by molar-refractivity contribution is 5.70. The van der Waals surface area contributed by atoms with Gasteiger partial charge in [-0.2, -0.15) is 0 Å². The molecular formula is C42H82N2O4. The van der Waals surface area contributed by atoms with Crippen molar-refractivity contribution in [3.8, 4) is 0 Å². The minimum Gasteiger partial charge on any atom is -0.466 e. The summed E-state index contributed by atoms with van der Waals surface area (Å²) in [5, 5.41) is 0. The van der Waals surface area contributed by atoms with Gasteiger partial charge in [0.05, 0.1) is 26.1 Å². The Labute approximate surface area is 299 Å². The van der Waals surface area contributed by atoms with Crippen LogP contribution in [0.2, 0.25) is 0 Å². The van der Waals surface area contributed by atoms with Gasteiger partial charge in [0.15, 0.2) is 0 Å². The van der Waals surface area contributed by atoms with Crippen molar-refractivity contribution in [2.24, 2.45) is 0 Å². The van der Waals surface area contributed by atoms with Crippen LogP contribution < -0.4 is 0 Å². The molecule has 0 aromatic rings. The molecule has 1 aliphatic rings. The van der Waals surface area contributed by atoms with Gasteiger partial charge in [0.1, 0.15) is 0 Å². The molecule has 48 heavy (non-hydrogen) atoms. The zero-order valence-corrected chi connectivity index (χ0v) is 32.4. The van der Waals surface area contributed by atoms with Crippen LogP contribution in [0.1, 0.15) is 206 Å². The number of carbonyl (C=O) groups excluding carboxylic acids is 2. The summed E-state index contributed by atoms with van der Waals surface area (Å²) in [6.45, 7) is 11.1. The first-order chi connectivity index (χ1) is 23.7. The number of rotatable bonds is 37. The van der Waals surface area contributed by atoms with Crippen LogP contribution >= 0.6 is 0 Å². The third-order valence-corrected chi connectivity index (χ3v) is 10.2. The van der Waals surface area contributed by atoms with Gasteiger partial charge >= 0.3 is 11.9 Å². The molecule has 0 unspecified atom stereocenters. The van der Waals surface area contributed by atoms with Crippen molar-refractivity contribution in [1.29, 1.82) is 0 Å². The summed E-state index contributed by atoms with van der Waals surface area (Å²) in [6, 6.07) is 0. The van der Waals surface area contributed by atoms with E-state index in [0.29, 0.717) is 39.1 Å². The average molecular weight is 679 g/mol. The summed E-state index contributed by atoms with van der Waals surface area (Å²) in [6.07, 6.45) is 37.6. The molecule has 0 saturated carbocycles. The fourth-order valence-corrected chi connectivity index (χ4v) is 6.88. The van der Waals surface area contributed by atoms with Gasteiger partial charge in [-0.25, -0.2) is 0 Å². The van der Waals surface area contributed by atoms with E-state index in [1.807, 2.05) is 0 Å². The van der Waals surface area contributed by atoms with E-state index >= 15 is 0 Å². The summed E-state index contributed by atoms with van der Waals surface area (Å²) < 4.78 is 11.1. The molecule has 1 heterocycles. The Bertz CT molecular complexity index is 649. The molecule has 1 fully saturated rings. The second-order valence-corrected chi connectivity index (χ2v) is 14.8. The van der Waals surface area contributed by atoms with Crippen LogP contribution in [0, 0.1) is 0 Å². The van der Waals surface area contributed by atoms with Gasteiger partial charge in [-0.15, -0.1) is 0 Å². The lowest BCUT2D eigenvalue weighted by Gasteiger charge is -2.24. The maximum Gasteiger partial charge on any atom is 0.307 e. The fraction of sp³-hybridized carbons (Fsp3) is 0.952. The number of unbranched alkanes of at least 4 members (excludes halogenated alkanes) is 24. The highest BCUT2D eigenvalue weighted by atomic mass is 16.5. The standard InChI is InChI=1S/C42H82N2O4/c1-3-5-7-9-11-13-15-17-19-21-23-25-29-39-47-41(45)31-35-44(38-37-43-33-27-28-34-43)36-32-42(46)48-40-30-26-24-22-20-18-16-14-12-10-8-6-4-2/h3-40H2,1-2H3. The molecule has 0 spiro atoms. The van der Waals surface area contributed by atoms with Crippen LogP contribution in [0.5, 0.6) is 0 Å². The van der Waals surface area contributed by atoms with Gasteiger partial charge in [0, 0.05) is 26.2 Å². The Morgan fingerprint density at radius 2 is 0.771 bits per heavy atom. The van der Waals surface area contributed by atoms with Crippen LogP contribution in [-0.4, -0.2) is 74.2 Å². The van der Waals surface area contributed by atoms with Gasteiger partial charge in [-0.05, 0) is 38.8 Å². The zero-order valence-electron chi connectivity index (χ0n) is 32.4. The molecular weight excluding hydrogens is 596 g/mol. The lowest BCUT2D eigenvalue weighted by atomic mass is 10.0. The van der Waals surface area contributed by atoms with E-state index in [9.17, 15) is 9.59 Å². The van der Waals surface area contributed by atoms with Crippen molar-refractivity contribution in [2.45, 2.75) is 206 Å². The molecule has 1 saturated heterocycles. The van der Waals surface area contributed by atoms with Crippen molar-refractivity contribution in [3.05, 3.63) is 0 Å². The summed E-state index contributed by atoms with van der Waals surface area (Å²) in [4.78, 5) is 29.7. The van der Waals surface area contributed by atoms with Crippen LogP contribution in [0.4, 0.5) is 0 Å². The Balaban J connectivity index is 2.06. The van der Waals surface area contributed by atoms with Gasteiger partial charge in [-0.3, -0.25) is 9.59 Å². The fourth-order valence-electron chi connectivity index (χ4n) is 6.88. The first kappa shape index (κ1) is 44.9. The Morgan fingerprint density at radius 1 is 0.458 bits per heavy atom. The monoisotopic (exact) mass is 679 g/mol. The molecule has 6 nitrogen and oxygen atoms in total. The molecule has 1 rings (SSSR count). The molecule has 0 aromatic carbocycles. The van der Waals surface area contributed by atoms with Crippen molar-refractivity contribution in [2.75, 3.05) is 52.5 Å². The van der Waals surface area contributed by atoms with E-state index in [1.165, 1.54) is 154 Å². The summed E-state index contributed by atoms with van der Waals surface area (Å²) in [7, 11) is 0. The molecule has 1 aliphatic heterocycles. The van der Waals surface area contributed by atoms with Gasteiger partial charge in [-0.1, -0.05) is 168 Å². The molecule has 0 N–H and O–H groups in total. The predicted octanol–water partition coefficient (Wildman–Crippen LogP) is 11.4. The second kappa shape index (κ2) is 35.7. The van der Waals surface area contributed by atoms with Crippen LogP contribution in [0.25, 0.3) is 0 Å². The molecule has 0 radical (unpaired) electrons. The molecule has 0 amide bonds. The third kappa shape index (κ3) is 30.9. The molecule has 0 aliphatic carbocycles. The highest BCUT2D eigenvalue weighted by Crippen LogP contribution is 2.14. The van der Waals surface area contributed by atoms with Crippen LogP contribution in [0.3, 0.4) is 0 Å². The maximum atomic E-state index is 12.5. The number of ether oxygens (including phenoxy) is 2. The van der Waals surface area contributed by atoms with E-state index in [2.05, 4.69) is 23.6 Å². The van der Waals surface area contributed by atoms with Crippen molar-refractivity contribution in [3.63, 3.8) is 0 Å². The number of hydrogen-bond donors (Lipinski definition) is 0. The Kier molecular flexibility index (Phi) is 33.4. The number of hydrogen-bond acceptors (Lipinski definition) is 6. The first-order valence-corrected chi connectivity index (χ1v) is 21.4. The van der Waals surface area contributed by atoms with E-state index in [4.69, 9.17) is 9.47 Å². The number of likely N-dealkylation sites (tertiary alicyclic amines) is 1. The molecule has 0 atom stereocenters. The zero-order chi connectivity index (χ0) is 34.6. The van der Waals surface area contributed by atoms with E-state index in [0.717, 1.165) is 51.9 Å². The van der Waals surface area contributed by atoms with Crippen LogP contribution in [-0.2, 0) is 19.1 Å². The first-order valence-electron chi connectivity index (χ1n) is 21.4. The Hall–Kier alpha value is -1.14. The minimum absolute atomic E-state index is 0.106. The van der Waals surface area contributed by atoms with Crippen LogP contribution in [0.15, 0.2) is 0 Å². The SMILES string of the molecule is CCCCCCCCCCCCCCCOC(=O)CCN(CCC(=O)OCCCCCCCCCCCCCCC)CCN1CCCC1. The number of nitrogens with zero attached hydrogens (tertiary/aromatic N) is 2. The molecule has 0 aromatic heterocycles. The normalized spacial score (nSPS) is 13.5. The minimum atomic E-state index is -0.106. The Morgan fingerprint density at radius 3 is 1.10 bits per heavy atom. The lowest BCUT2D eigenvalue weighted by molar-refractivity contribution is -0.144. The lowest BCUT2D eigenvalue weighted by Crippen LogP contribution is -2.36. The summed E-state index contributed by atoms with van der Waals surface area (Å²) in [5.41, 5.74) is 0. The van der Waals surface area contributed by atoms with E-state index in [-0.39, 0.29) is 11.9 Å². The summed E-state index contributed by atoms with van der Waals surface area (Å²) >= 11 is 0. The molecule has 284 valence electrons. The van der Waals surface area contributed by atoms with E-state index in [1.54, 1.807) is 0 Å². The molecule has 0 bridgehead atoms. The average Bonchev–Trinajstić information content (AvgIpc) is 3.62. The van der Waals surface area contributed by atoms with Gasteiger partial charge < -0.3 is 19.3 Å². The summed E-state index contributed by atoms with van der Waals surface area (Å²) in [5.74, 6) is -0.213. The third-order valence-electron chi connectivity index (χ3n) is 10.2. The maximum absolute atomic E-state index is 12.5. The number of esters is 2. The van der Waals surface area contributed by atoms with Crippen molar-refractivity contribution >= 4 is 11.9 Å². The molecule has 6 heteroatoms. The van der Waals surface area contributed by atoms with Gasteiger partial charge in [0.25, 0.3) is 0 Å². The topological polar surface area (TPSA) is 59.1 Å². The quantitative estimate of drug-likeness (QED) is 0.0481. The number of carbonyl (C=O) groups is 2. The largest absolute Gasteiger partial charge is 0.466 e. The van der Waals surface area contributed by atoms with Crippen molar-refractivity contribution < 1.29 is 19.1 Å². The smallest absolute Gasteiger partial charge is 0.307 e. The van der Waals surface area contributed by atoms with Crippen molar-refractivity contribution in [1.82, 2.24) is 9.80 Å².